The van der Waals surface area contributed by atoms with Crippen LogP contribution in [0.3, 0.4) is 0 Å². The number of hydrogen-bond acceptors (Lipinski definition) is 4. The number of benzene rings is 1. The highest BCUT2D eigenvalue weighted by Gasteiger charge is 2.16. The van der Waals surface area contributed by atoms with E-state index >= 15 is 0 Å². The Labute approximate surface area is 115 Å². The molecule has 19 heavy (non-hydrogen) atoms. The van der Waals surface area contributed by atoms with Gasteiger partial charge < -0.3 is 10.1 Å². The van der Waals surface area contributed by atoms with E-state index in [0.717, 1.165) is 31.9 Å². The van der Waals surface area contributed by atoms with E-state index in [0.29, 0.717) is 4.90 Å². The molecule has 0 amide bonds. The molecule has 5 nitrogen and oxygen atoms in total. The molecule has 1 rings (SSSR count). The van der Waals surface area contributed by atoms with Gasteiger partial charge in [0.25, 0.3) is 0 Å². The molecule has 1 aromatic rings. The van der Waals surface area contributed by atoms with Crippen molar-refractivity contribution in [2.75, 3.05) is 39.2 Å². The third-order valence-electron chi connectivity index (χ3n) is 2.63. The molecule has 108 valence electrons. The third kappa shape index (κ3) is 4.81. The maximum absolute atomic E-state index is 11.9. The van der Waals surface area contributed by atoms with Crippen molar-refractivity contribution in [1.29, 1.82) is 0 Å². The van der Waals surface area contributed by atoms with Gasteiger partial charge in [0.05, 0.1) is 4.90 Å². The maximum Gasteiger partial charge on any atom is 0.242 e. The summed E-state index contributed by atoms with van der Waals surface area (Å²) in [7, 11) is -0.295. The van der Waals surface area contributed by atoms with Crippen LogP contribution in [0.5, 0.6) is 0 Å². The van der Waals surface area contributed by atoms with Crippen molar-refractivity contribution in [3.63, 3.8) is 0 Å². The Hall–Kier alpha value is -1.11. The predicted molar refractivity (Wildman–Crippen MR) is 76.9 cm³/mol. The average Bonchev–Trinajstić information content (AvgIpc) is 2.39. The number of sulfonamides is 1. The molecule has 0 aliphatic rings. The number of ether oxygens (including phenoxy) is 1. The van der Waals surface area contributed by atoms with E-state index < -0.39 is 10.0 Å². The van der Waals surface area contributed by atoms with E-state index in [4.69, 9.17) is 4.74 Å². The molecule has 0 radical (unpaired) electrons. The van der Waals surface area contributed by atoms with E-state index in [1.165, 1.54) is 18.4 Å². The highest BCUT2D eigenvalue weighted by molar-refractivity contribution is 7.89. The van der Waals surface area contributed by atoms with Crippen LogP contribution in [0.15, 0.2) is 29.2 Å². The highest BCUT2D eigenvalue weighted by Crippen LogP contribution is 2.16. The van der Waals surface area contributed by atoms with Crippen molar-refractivity contribution in [3.8, 4) is 0 Å². The summed E-state index contributed by atoms with van der Waals surface area (Å²) in [5, 5.41) is 3.22. The van der Waals surface area contributed by atoms with E-state index in [-0.39, 0.29) is 0 Å². The molecule has 0 heterocycles. The molecule has 0 saturated carbocycles. The standard InChI is InChI=1S/C13H22N2O3S/c1-4-18-11-5-10-14-12-6-8-13(9-7-12)19(16,17)15(2)3/h6-9,14H,4-5,10-11H2,1-3H3. The summed E-state index contributed by atoms with van der Waals surface area (Å²) in [5.74, 6) is 0. The van der Waals surface area contributed by atoms with E-state index in [1.54, 1.807) is 24.3 Å². The zero-order valence-corrected chi connectivity index (χ0v) is 12.5. The van der Waals surface area contributed by atoms with Gasteiger partial charge in [0.1, 0.15) is 0 Å². The lowest BCUT2D eigenvalue weighted by Gasteiger charge is -2.12. The fraction of sp³-hybridized carbons (Fsp3) is 0.538. The number of rotatable bonds is 8. The Morgan fingerprint density at radius 1 is 1.21 bits per heavy atom. The Kier molecular flexibility index (Phi) is 6.27. The second kappa shape index (κ2) is 7.47. The first-order valence-electron chi connectivity index (χ1n) is 6.32. The molecule has 6 heteroatoms. The molecule has 0 fully saturated rings. The summed E-state index contributed by atoms with van der Waals surface area (Å²) >= 11 is 0. The number of nitrogens with one attached hydrogen (secondary N) is 1. The zero-order valence-electron chi connectivity index (χ0n) is 11.7. The quantitative estimate of drug-likeness (QED) is 0.740. The molecule has 0 unspecified atom stereocenters. The zero-order chi connectivity index (χ0) is 14.3. The van der Waals surface area contributed by atoms with Crippen LogP contribution in [-0.4, -0.2) is 46.6 Å². The van der Waals surface area contributed by atoms with Gasteiger partial charge in [0.15, 0.2) is 0 Å². The molecular weight excluding hydrogens is 264 g/mol. The Morgan fingerprint density at radius 2 is 1.84 bits per heavy atom. The van der Waals surface area contributed by atoms with Crippen LogP contribution < -0.4 is 5.32 Å². The third-order valence-corrected chi connectivity index (χ3v) is 4.46. The summed E-state index contributed by atoms with van der Waals surface area (Å²) in [5.41, 5.74) is 0.911. The van der Waals surface area contributed by atoms with E-state index in [1.807, 2.05) is 6.92 Å². The topological polar surface area (TPSA) is 58.6 Å². The first-order valence-corrected chi connectivity index (χ1v) is 7.76. The Balaban J connectivity index is 2.53. The predicted octanol–water partition coefficient (Wildman–Crippen LogP) is 1.78. The monoisotopic (exact) mass is 286 g/mol. The maximum atomic E-state index is 11.9. The largest absolute Gasteiger partial charge is 0.385 e. The van der Waals surface area contributed by atoms with E-state index in [2.05, 4.69) is 5.32 Å². The van der Waals surface area contributed by atoms with Crippen LogP contribution in [0.25, 0.3) is 0 Å². The summed E-state index contributed by atoms with van der Waals surface area (Å²) in [4.78, 5) is 0.303. The fourth-order valence-electron chi connectivity index (χ4n) is 1.51. The van der Waals surface area contributed by atoms with Gasteiger partial charge in [-0.2, -0.15) is 0 Å². The highest BCUT2D eigenvalue weighted by atomic mass is 32.2. The second-order valence-corrected chi connectivity index (χ2v) is 6.44. The van der Waals surface area contributed by atoms with Gasteiger partial charge in [-0.15, -0.1) is 0 Å². The molecule has 0 atom stereocenters. The van der Waals surface area contributed by atoms with Crippen LogP contribution in [0.1, 0.15) is 13.3 Å². The van der Waals surface area contributed by atoms with Gasteiger partial charge in [-0.05, 0) is 37.6 Å². The van der Waals surface area contributed by atoms with Crippen LogP contribution in [0.2, 0.25) is 0 Å². The minimum Gasteiger partial charge on any atom is -0.385 e. The molecule has 0 bridgehead atoms. The summed E-state index contributed by atoms with van der Waals surface area (Å²) < 4.78 is 30.2. The Morgan fingerprint density at radius 3 is 2.37 bits per heavy atom. The van der Waals surface area contributed by atoms with Crippen LogP contribution >= 0.6 is 0 Å². The molecule has 0 aliphatic carbocycles. The second-order valence-electron chi connectivity index (χ2n) is 4.29. The fourth-order valence-corrected chi connectivity index (χ4v) is 2.41. The minimum absolute atomic E-state index is 0.303. The van der Waals surface area contributed by atoms with Crippen molar-refractivity contribution in [2.45, 2.75) is 18.2 Å². The first kappa shape index (κ1) is 15.9. The molecular formula is C13H22N2O3S. The normalized spacial score (nSPS) is 11.8. The van der Waals surface area contributed by atoms with Gasteiger partial charge in [0, 0.05) is 39.5 Å². The van der Waals surface area contributed by atoms with Crippen molar-refractivity contribution in [3.05, 3.63) is 24.3 Å². The number of hydrogen-bond donors (Lipinski definition) is 1. The van der Waals surface area contributed by atoms with Gasteiger partial charge >= 0.3 is 0 Å². The first-order chi connectivity index (χ1) is 8.98. The number of nitrogens with zero attached hydrogens (tertiary/aromatic N) is 1. The van der Waals surface area contributed by atoms with Crippen molar-refractivity contribution in [2.24, 2.45) is 0 Å². The molecule has 1 N–H and O–H groups in total. The van der Waals surface area contributed by atoms with Crippen LogP contribution in [0, 0.1) is 0 Å². The molecule has 0 saturated heterocycles. The van der Waals surface area contributed by atoms with Crippen molar-refractivity contribution >= 4 is 15.7 Å². The lowest BCUT2D eigenvalue weighted by Crippen LogP contribution is -2.22. The summed E-state index contributed by atoms with van der Waals surface area (Å²) in [6, 6.07) is 6.77. The smallest absolute Gasteiger partial charge is 0.242 e. The van der Waals surface area contributed by atoms with Gasteiger partial charge in [-0.3, -0.25) is 0 Å². The van der Waals surface area contributed by atoms with Crippen LogP contribution in [-0.2, 0) is 14.8 Å². The molecule has 0 aliphatic heterocycles. The van der Waals surface area contributed by atoms with E-state index in [9.17, 15) is 8.42 Å². The average molecular weight is 286 g/mol. The molecule has 0 aromatic heterocycles. The number of anilines is 1. The molecule has 0 spiro atoms. The summed E-state index contributed by atoms with van der Waals surface area (Å²) in [6.45, 7) is 4.24. The van der Waals surface area contributed by atoms with Gasteiger partial charge in [-0.25, -0.2) is 12.7 Å². The van der Waals surface area contributed by atoms with Crippen molar-refractivity contribution in [1.82, 2.24) is 4.31 Å². The summed E-state index contributed by atoms with van der Waals surface area (Å²) in [6.07, 6.45) is 0.922. The van der Waals surface area contributed by atoms with Gasteiger partial charge in [0.2, 0.25) is 10.0 Å². The lowest BCUT2D eigenvalue weighted by molar-refractivity contribution is 0.147. The van der Waals surface area contributed by atoms with Gasteiger partial charge in [-0.1, -0.05) is 0 Å². The molecule has 1 aromatic carbocycles. The Bertz CT molecular complexity index is 469. The van der Waals surface area contributed by atoms with Crippen molar-refractivity contribution < 1.29 is 13.2 Å². The SMILES string of the molecule is CCOCCCNc1ccc(S(=O)(=O)N(C)C)cc1. The minimum atomic E-state index is -3.34. The lowest BCUT2D eigenvalue weighted by atomic mass is 10.3. The van der Waals surface area contributed by atoms with Crippen LogP contribution in [0.4, 0.5) is 5.69 Å².